The quantitative estimate of drug-likeness (QED) is 0.756. The summed E-state index contributed by atoms with van der Waals surface area (Å²) < 4.78 is 1.69. The normalized spacial score (nSPS) is 15.9. The molecule has 162 valence electrons. The first-order chi connectivity index (χ1) is 14.3. The standard InChI is InChI=1S/C23H33N5O2/c1-17-8-12-28(19(3)16-25(4)5)23(30)21(17)22(29)27-11-6-10-26(13-14-27)20-7-9-24-15-18(20)2/h7-9,12,15,19H,6,10-11,13-14,16H2,1-5H3. The molecule has 1 saturated heterocycles. The van der Waals surface area contributed by atoms with Crippen molar-refractivity contribution in [1.29, 1.82) is 0 Å². The molecule has 1 aliphatic rings. The molecule has 0 bridgehead atoms. The van der Waals surface area contributed by atoms with Crippen LogP contribution in [-0.2, 0) is 0 Å². The Hall–Kier alpha value is -2.67. The van der Waals surface area contributed by atoms with Crippen LogP contribution in [0.5, 0.6) is 0 Å². The molecule has 2 aromatic heterocycles. The molecular formula is C23H33N5O2. The lowest BCUT2D eigenvalue weighted by Gasteiger charge is -2.25. The highest BCUT2D eigenvalue weighted by atomic mass is 16.2. The number of likely N-dealkylation sites (N-methyl/N-ethyl adjacent to an activating group) is 1. The van der Waals surface area contributed by atoms with E-state index in [0.29, 0.717) is 18.7 Å². The number of carbonyl (C=O) groups is 1. The van der Waals surface area contributed by atoms with E-state index in [2.05, 4.69) is 16.8 Å². The van der Waals surface area contributed by atoms with Gasteiger partial charge in [-0.2, -0.15) is 0 Å². The van der Waals surface area contributed by atoms with E-state index in [1.54, 1.807) is 17.0 Å². The van der Waals surface area contributed by atoms with Gasteiger partial charge in [0.15, 0.2) is 0 Å². The van der Waals surface area contributed by atoms with Crippen molar-refractivity contribution in [2.75, 3.05) is 51.7 Å². The van der Waals surface area contributed by atoms with Gasteiger partial charge in [-0.1, -0.05) is 0 Å². The number of carbonyl (C=O) groups excluding carboxylic acids is 1. The molecule has 1 amide bonds. The summed E-state index contributed by atoms with van der Waals surface area (Å²) in [5.74, 6) is -0.155. The molecule has 0 aromatic carbocycles. The van der Waals surface area contributed by atoms with Gasteiger partial charge in [-0.25, -0.2) is 0 Å². The van der Waals surface area contributed by atoms with Crippen LogP contribution in [0.25, 0.3) is 0 Å². The van der Waals surface area contributed by atoms with Crippen LogP contribution in [0.15, 0.2) is 35.5 Å². The van der Waals surface area contributed by atoms with Gasteiger partial charge in [-0.3, -0.25) is 14.6 Å². The van der Waals surface area contributed by atoms with Crippen molar-refractivity contribution in [3.05, 3.63) is 57.8 Å². The first-order valence-corrected chi connectivity index (χ1v) is 10.6. The van der Waals surface area contributed by atoms with Crippen LogP contribution in [0, 0.1) is 13.8 Å². The molecule has 2 aromatic rings. The Morgan fingerprint density at radius 2 is 1.90 bits per heavy atom. The van der Waals surface area contributed by atoms with E-state index in [1.807, 2.05) is 56.1 Å². The average Bonchev–Trinajstić information content (AvgIpc) is 2.94. The predicted octanol–water partition coefficient (Wildman–Crippen LogP) is 2.34. The van der Waals surface area contributed by atoms with Crippen LogP contribution in [0.1, 0.15) is 40.9 Å². The van der Waals surface area contributed by atoms with Gasteiger partial charge in [0.25, 0.3) is 11.5 Å². The predicted molar refractivity (Wildman–Crippen MR) is 120 cm³/mol. The molecule has 0 N–H and O–H groups in total. The maximum Gasteiger partial charge on any atom is 0.263 e. The lowest BCUT2D eigenvalue weighted by Crippen LogP contribution is -2.40. The van der Waals surface area contributed by atoms with Gasteiger partial charge in [-0.15, -0.1) is 0 Å². The summed E-state index contributed by atoms with van der Waals surface area (Å²) in [6, 6.07) is 3.90. The Balaban J connectivity index is 1.81. The number of hydrogen-bond donors (Lipinski definition) is 0. The number of pyridine rings is 2. The van der Waals surface area contributed by atoms with Crippen molar-refractivity contribution in [2.45, 2.75) is 33.2 Å². The minimum Gasteiger partial charge on any atom is -0.369 e. The fourth-order valence-electron chi connectivity index (χ4n) is 4.20. The van der Waals surface area contributed by atoms with E-state index in [4.69, 9.17) is 0 Å². The van der Waals surface area contributed by atoms with E-state index < -0.39 is 0 Å². The van der Waals surface area contributed by atoms with Crippen LogP contribution < -0.4 is 10.5 Å². The maximum absolute atomic E-state index is 13.4. The molecule has 0 saturated carbocycles. The van der Waals surface area contributed by atoms with Crippen LogP contribution in [0.4, 0.5) is 5.69 Å². The first kappa shape index (κ1) is 22.0. The number of aryl methyl sites for hydroxylation is 2. The number of hydrogen-bond acceptors (Lipinski definition) is 5. The number of amides is 1. The van der Waals surface area contributed by atoms with Crippen molar-refractivity contribution in [3.8, 4) is 0 Å². The fourth-order valence-corrected chi connectivity index (χ4v) is 4.20. The molecule has 7 heteroatoms. The van der Waals surface area contributed by atoms with Crippen molar-refractivity contribution >= 4 is 11.6 Å². The van der Waals surface area contributed by atoms with Crippen molar-refractivity contribution in [3.63, 3.8) is 0 Å². The molecule has 0 aliphatic carbocycles. The zero-order valence-electron chi connectivity index (χ0n) is 18.8. The Bertz CT molecular complexity index is 953. The topological polar surface area (TPSA) is 61.7 Å². The minimum atomic E-state index is -0.194. The summed E-state index contributed by atoms with van der Waals surface area (Å²) in [5.41, 5.74) is 3.14. The summed E-state index contributed by atoms with van der Waals surface area (Å²) >= 11 is 0. The van der Waals surface area contributed by atoms with E-state index >= 15 is 0 Å². The molecule has 1 unspecified atom stereocenters. The molecule has 3 rings (SSSR count). The van der Waals surface area contributed by atoms with Crippen LogP contribution in [-0.4, -0.2) is 72.1 Å². The summed E-state index contributed by atoms with van der Waals surface area (Å²) in [7, 11) is 3.96. The molecule has 30 heavy (non-hydrogen) atoms. The summed E-state index contributed by atoms with van der Waals surface area (Å²) in [5, 5.41) is 0. The summed E-state index contributed by atoms with van der Waals surface area (Å²) in [4.78, 5) is 36.9. The van der Waals surface area contributed by atoms with Gasteiger partial charge < -0.3 is 19.3 Å². The second-order valence-electron chi connectivity index (χ2n) is 8.49. The molecular weight excluding hydrogens is 378 g/mol. The highest BCUT2D eigenvalue weighted by Gasteiger charge is 2.25. The zero-order chi connectivity index (χ0) is 21.8. The molecule has 0 spiro atoms. The van der Waals surface area contributed by atoms with Crippen LogP contribution >= 0.6 is 0 Å². The molecule has 0 radical (unpaired) electrons. The van der Waals surface area contributed by atoms with Gasteiger partial charge >= 0.3 is 0 Å². The smallest absolute Gasteiger partial charge is 0.263 e. The Labute approximate surface area is 178 Å². The fraction of sp³-hybridized carbons (Fsp3) is 0.522. The van der Waals surface area contributed by atoms with E-state index in [-0.39, 0.29) is 17.5 Å². The molecule has 7 nitrogen and oxygen atoms in total. The third-order valence-corrected chi connectivity index (χ3v) is 5.76. The largest absolute Gasteiger partial charge is 0.369 e. The number of rotatable bonds is 5. The van der Waals surface area contributed by atoms with E-state index in [9.17, 15) is 9.59 Å². The third kappa shape index (κ3) is 4.73. The highest BCUT2D eigenvalue weighted by Crippen LogP contribution is 2.20. The lowest BCUT2D eigenvalue weighted by molar-refractivity contribution is 0.0763. The second kappa shape index (κ2) is 9.43. The molecule has 1 fully saturated rings. The van der Waals surface area contributed by atoms with E-state index in [0.717, 1.165) is 42.9 Å². The van der Waals surface area contributed by atoms with Crippen LogP contribution in [0.2, 0.25) is 0 Å². The Morgan fingerprint density at radius 1 is 1.13 bits per heavy atom. The highest BCUT2D eigenvalue weighted by molar-refractivity contribution is 5.95. The summed E-state index contributed by atoms with van der Waals surface area (Å²) in [6.45, 7) is 9.52. The zero-order valence-corrected chi connectivity index (χ0v) is 18.8. The van der Waals surface area contributed by atoms with Crippen molar-refractivity contribution < 1.29 is 4.79 Å². The SMILES string of the molecule is Cc1cnccc1N1CCCN(C(=O)c2c(C)ccn(C(C)CN(C)C)c2=O)CC1. The molecule has 3 heterocycles. The molecule has 1 aliphatic heterocycles. The van der Waals surface area contributed by atoms with Crippen molar-refractivity contribution in [1.82, 2.24) is 19.4 Å². The van der Waals surface area contributed by atoms with Gasteiger partial charge in [0.2, 0.25) is 0 Å². The molecule has 1 atom stereocenters. The van der Waals surface area contributed by atoms with E-state index in [1.165, 1.54) is 0 Å². The van der Waals surface area contributed by atoms with Crippen molar-refractivity contribution in [2.24, 2.45) is 0 Å². The van der Waals surface area contributed by atoms with Gasteiger partial charge in [0, 0.05) is 63.0 Å². The number of nitrogens with zero attached hydrogens (tertiary/aromatic N) is 5. The van der Waals surface area contributed by atoms with Crippen LogP contribution in [0.3, 0.4) is 0 Å². The Kier molecular flexibility index (Phi) is 6.92. The Morgan fingerprint density at radius 3 is 2.60 bits per heavy atom. The van der Waals surface area contributed by atoms with Gasteiger partial charge in [0.1, 0.15) is 5.56 Å². The first-order valence-electron chi connectivity index (χ1n) is 10.6. The maximum atomic E-state index is 13.4. The summed E-state index contributed by atoms with van der Waals surface area (Å²) in [6.07, 6.45) is 6.35. The number of aromatic nitrogens is 2. The van der Waals surface area contributed by atoms with Gasteiger partial charge in [-0.05, 0) is 64.5 Å². The number of anilines is 1. The third-order valence-electron chi connectivity index (χ3n) is 5.76. The lowest BCUT2D eigenvalue weighted by atomic mass is 10.1. The average molecular weight is 412 g/mol. The van der Waals surface area contributed by atoms with Gasteiger partial charge in [0.05, 0.1) is 0 Å². The second-order valence-corrected chi connectivity index (χ2v) is 8.49. The minimum absolute atomic E-state index is 0.00561. The monoisotopic (exact) mass is 411 g/mol.